The van der Waals surface area contributed by atoms with E-state index in [2.05, 4.69) is 24.8 Å². The van der Waals surface area contributed by atoms with Gasteiger partial charge in [-0.15, -0.1) is 23.1 Å². The summed E-state index contributed by atoms with van der Waals surface area (Å²) in [5, 5.41) is 10.3. The SMILES string of the molecule is CSc1c(N2CCCC(C)(C)CC2)sc(C#N)c1N. The smallest absolute Gasteiger partial charge is 0.131 e. The van der Waals surface area contributed by atoms with Crippen LogP contribution < -0.4 is 10.6 Å². The summed E-state index contributed by atoms with van der Waals surface area (Å²) in [5.41, 5.74) is 7.16. The Kier molecular flexibility index (Phi) is 4.32. The molecule has 0 unspecified atom stereocenters. The van der Waals surface area contributed by atoms with E-state index in [0.29, 0.717) is 16.0 Å². The third-order valence-corrected chi connectivity index (χ3v) is 5.94. The van der Waals surface area contributed by atoms with E-state index in [1.807, 2.05) is 6.26 Å². The number of anilines is 2. The molecule has 0 atom stereocenters. The number of hydrogen-bond donors (Lipinski definition) is 1. The molecule has 1 fully saturated rings. The van der Waals surface area contributed by atoms with Crippen LogP contribution >= 0.6 is 23.1 Å². The summed E-state index contributed by atoms with van der Waals surface area (Å²) in [6.45, 7) is 6.82. The molecular formula is C14H21N3S2. The van der Waals surface area contributed by atoms with Crippen molar-refractivity contribution in [2.24, 2.45) is 5.41 Å². The largest absolute Gasteiger partial charge is 0.396 e. The van der Waals surface area contributed by atoms with E-state index in [1.54, 1.807) is 23.1 Å². The van der Waals surface area contributed by atoms with Crippen LogP contribution in [0.4, 0.5) is 10.7 Å². The lowest BCUT2D eigenvalue weighted by Crippen LogP contribution is -2.24. The maximum absolute atomic E-state index is 9.14. The van der Waals surface area contributed by atoms with Gasteiger partial charge in [0.2, 0.25) is 0 Å². The van der Waals surface area contributed by atoms with Crippen molar-refractivity contribution in [2.45, 2.75) is 38.0 Å². The van der Waals surface area contributed by atoms with Gasteiger partial charge in [-0.25, -0.2) is 0 Å². The van der Waals surface area contributed by atoms with E-state index in [9.17, 15) is 0 Å². The van der Waals surface area contributed by atoms with Crippen molar-refractivity contribution in [2.75, 3.05) is 30.0 Å². The maximum Gasteiger partial charge on any atom is 0.131 e. The number of hydrogen-bond acceptors (Lipinski definition) is 5. The molecule has 1 aromatic rings. The highest BCUT2D eigenvalue weighted by molar-refractivity contribution is 7.99. The highest BCUT2D eigenvalue weighted by atomic mass is 32.2. The van der Waals surface area contributed by atoms with Crippen LogP contribution in [0.25, 0.3) is 0 Å². The fourth-order valence-corrected chi connectivity index (χ4v) is 4.56. The van der Waals surface area contributed by atoms with E-state index in [1.165, 1.54) is 24.3 Å². The molecule has 0 radical (unpaired) electrons. The Hall–Kier alpha value is -0.860. The molecule has 0 saturated carbocycles. The molecule has 3 nitrogen and oxygen atoms in total. The van der Waals surface area contributed by atoms with Gasteiger partial charge < -0.3 is 10.6 Å². The fourth-order valence-electron chi connectivity index (χ4n) is 2.53. The second kappa shape index (κ2) is 5.64. The highest BCUT2D eigenvalue weighted by Crippen LogP contribution is 2.44. The summed E-state index contributed by atoms with van der Waals surface area (Å²) >= 11 is 3.20. The quantitative estimate of drug-likeness (QED) is 0.840. The lowest BCUT2D eigenvalue weighted by atomic mass is 9.85. The average molecular weight is 295 g/mol. The fraction of sp³-hybridized carbons (Fsp3) is 0.643. The van der Waals surface area contributed by atoms with Crippen molar-refractivity contribution in [3.8, 4) is 6.07 Å². The van der Waals surface area contributed by atoms with Gasteiger partial charge in [-0.3, -0.25) is 0 Å². The van der Waals surface area contributed by atoms with Crippen molar-refractivity contribution in [3.05, 3.63) is 4.88 Å². The predicted octanol–water partition coefficient (Wildman–Crippen LogP) is 3.94. The number of nitrogen functional groups attached to an aromatic ring is 1. The van der Waals surface area contributed by atoms with Crippen LogP contribution in [-0.4, -0.2) is 19.3 Å². The van der Waals surface area contributed by atoms with Gasteiger partial charge in [0.15, 0.2) is 0 Å². The first-order valence-corrected chi connectivity index (χ1v) is 8.64. The third kappa shape index (κ3) is 3.01. The molecule has 0 amide bonds. The van der Waals surface area contributed by atoms with Crippen molar-refractivity contribution in [1.82, 2.24) is 0 Å². The monoisotopic (exact) mass is 295 g/mol. The molecule has 19 heavy (non-hydrogen) atoms. The molecule has 0 aromatic carbocycles. The normalized spacial score (nSPS) is 18.9. The molecule has 1 aliphatic rings. The average Bonchev–Trinajstić information content (AvgIpc) is 2.57. The third-order valence-electron chi connectivity index (χ3n) is 3.82. The van der Waals surface area contributed by atoms with Crippen molar-refractivity contribution < 1.29 is 0 Å². The molecule has 5 heteroatoms. The van der Waals surface area contributed by atoms with Crippen LogP contribution in [0.5, 0.6) is 0 Å². The minimum atomic E-state index is 0.426. The Labute approximate surface area is 123 Å². The number of rotatable bonds is 2. The summed E-state index contributed by atoms with van der Waals surface area (Å²) in [6.07, 6.45) is 5.70. The zero-order valence-electron chi connectivity index (χ0n) is 11.8. The first kappa shape index (κ1) is 14.5. The first-order chi connectivity index (χ1) is 8.98. The van der Waals surface area contributed by atoms with E-state index in [4.69, 9.17) is 11.0 Å². The molecule has 1 aromatic heterocycles. The maximum atomic E-state index is 9.14. The molecule has 1 aliphatic heterocycles. The van der Waals surface area contributed by atoms with Gasteiger partial charge in [-0.2, -0.15) is 5.26 Å². The van der Waals surface area contributed by atoms with Crippen LogP contribution in [0.15, 0.2) is 4.90 Å². The highest BCUT2D eigenvalue weighted by Gasteiger charge is 2.26. The first-order valence-electron chi connectivity index (χ1n) is 6.60. The van der Waals surface area contributed by atoms with Crippen LogP contribution in [0.1, 0.15) is 38.0 Å². The summed E-state index contributed by atoms with van der Waals surface area (Å²) in [5.74, 6) is 0. The standard InChI is InChI=1S/C14H21N3S2/c1-14(2)5-4-7-17(8-6-14)13-12(18-3)11(16)10(9-15)19-13/h4-8,16H2,1-3H3. The zero-order valence-corrected chi connectivity index (χ0v) is 13.5. The second-order valence-corrected chi connectivity index (χ2v) is 7.62. The van der Waals surface area contributed by atoms with Crippen molar-refractivity contribution >= 4 is 33.8 Å². The minimum Gasteiger partial charge on any atom is -0.396 e. The van der Waals surface area contributed by atoms with Gasteiger partial charge in [0.1, 0.15) is 15.9 Å². The van der Waals surface area contributed by atoms with E-state index in [-0.39, 0.29) is 0 Å². The molecule has 0 bridgehead atoms. The van der Waals surface area contributed by atoms with Gasteiger partial charge >= 0.3 is 0 Å². The summed E-state index contributed by atoms with van der Waals surface area (Å²) in [6, 6.07) is 2.21. The van der Waals surface area contributed by atoms with E-state index in [0.717, 1.165) is 18.0 Å². The molecule has 0 aliphatic carbocycles. The molecule has 2 N–H and O–H groups in total. The number of thioether (sulfide) groups is 1. The predicted molar refractivity (Wildman–Crippen MR) is 85.1 cm³/mol. The lowest BCUT2D eigenvalue weighted by molar-refractivity contribution is 0.325. The van der Waals surface area contributed by atoms with Crippen LogP contribution in [0.2, 0.25) is 0 Å². The van der Waals surface area contributed by atoms with Gasteiger partial charge in [0, 0.05) is 13.1 Å². The number of nitrogens with zero attached hydrogens (tertiary/aromatic N) is 2. The van der Waals surface area contributed by atoms with Gasteiger partial charge in [0.05, 0.1) is 10.6 Å². The van der Waals surface area contributed by atoms with E-state index < -0.39 is 0 Å². The summed E-state index contributed by atoms with van der Waals surface area (Å²) in [4.78, 5) is 4.16. The molecule has 1 saturated heterocycles. The van der Waals surface area contributed by atoms with Crippen LogP contribution in [0, 0.1) is 16.7 Å². The Balaban J connectivity index is 2.29. The minimum absolute atomic E-state index is 0.426. The van der Waals surface area contributed by atoms with Gasteiger partial charge in [0.25, 0.3) is 0 Å². The molecule has 2 heterocycles. The van der Waals surface area contributed by atoms with Gasteiger partial charge in [-0.1, -0.05) is 13.8 Å². The molecular weight excluding hydrogens is 274 g/mol. The number of thiophene rings is 1. The van der Waals surface area contributed by atoms with Crippen LogP contribution in [-0.2, 0) is 0 Å². The Morgan fingerprint density at radius 3 is 2.74 bits per heavy atom. The molecule has 2 rings (SSSR count). The number of nitrogens with two attached hydrogens (primary N) is 1. The van der Waals surface area contributed by atoms with Crippen LogP contribution in [0.3, 0.4) is 0 Å². The Bertz CT molecular complexity index is 500. The lowest BCUT2D eigenvalue weighted by Gasteiger charge is -2.24. The second-order valence-electron chi connectivity index (χ2n) is 5.80. The zero-order chi connectivity index (χ0) is 14.0. The van der Waals surface area contributed by atoms with Crippen molar-refractivity contribution in [1.29, 1.82) is 5.26 Å². The Morgan fingerprint density at radius 2 is 2.11 bits per heavy atom. The van der Waals surface area contributed by atoms with Crippen molar-refractivity contribution in [3.63, 3.8) is 0 Å². The number of nitriles is 1. The molecule has 0 spiro atoms. The van der Waals surface area contributed by atoms with Gasteiger partial charge in [-0.05, 0) is 30.9 Å². The topological polar surface area (TPSA) is 53.0 Å². The Morgan fingerprint density at radius 1 is 1.37 bits per heavy atom. The molecule has 104 valence electrons. The summed E-state index contributed by atoms with van der Waals surface area (Å²) < 4.78 is 0. The van der Waals surface area contributed by atoms with E-state index >= 15 is 0 Å². The summed E-state index contributed by atoms with van der Waals surface area (Å²) in [7, 11) is 0.